The molecule has 0 unspecified atom stereocenters. The minimum absolute atomic E-state index is 0.207. The summed E-state index contributed by atoms with van der Waals surface area (Å²) >= 11 is 1.31. The normalized spacial score (nSPS) is 11.0. The van der Waals surface area contributed by atoms with Crippen LogP contribution in [0.25, 0.3) is 17.3 Å². The van der Waals surface area contributed by atoms with E-state index in [1.807, 2.05) is 29.6 Å². The number of hydrogen-bond donors (Lipinski definition) is 1. The van der Waals surface area contributed by atoms with Crippen molar-refractivity contribution in [1.29, 1.82) is 0 Å². The lowest BCUT2D eigenvalue weighted by Crippen LogP contribution is -2.08. The second kappa shape index (κ2) is 10.5. The molecule has 9 heteroatoms. The molecule has 1 heterocycles. The molecule has 162 valence electrons. The van der Waals surface area contributed by atoms with Crippen molar-refractivity contribution in [2.45, 2.75) is 6.43 Å². The van der Waals surface area contributed by atoms with Crippen LogP contribution in [-0.2, 0) is 4.79 Å². The maximum absolute atomic E-state index is 12.3. The molecule has 0 aliphatic heterocycles. The van der Waals surface area contributed by atoms with Gasteiger partial charge in [-0.1, -0.05) is 6.07 Å². The number of anilines is 1. The number of aromatic nitrogens is 1. The van der Waals surface area contributed by atoms with Crippen molar-refractivity contribution in [3.8, 4) is 28.5 Å². The van der Waals surface area contributed by atoms with E-state index in [0.717, 1.165) is 17.0 Å². The Kier molecular flexibility index (Phi) is 7.55. The molecule has 1 N–H and O–H groups in total. The van der Waals surface area contributed by atoms with Gasteiger partial charge < -0.3 is 14.2 Å². The number of rotatable bonds is 9. The minimum atomic E-state index is -2.58. The van der Waals surface area contributed by atoms with Crippen LogP contribution >= 0.6 is 11.3 Å². The van der Waals surface area contributed by atoms with Crippen LogP contribution in [0.1, 0.15) is 5.56 Å². The second-order valence-corrected chi connectivity index (χ2v) is 7.06. The van der Waals surface area contributed by atoms with E-state index in [0.29, 0.717) is 16.4 Å². The van der Waals surface area contributed by atoms with Crippen LogP contribution in [0.4, 0.5) is 13.9 Å². The van der Waals surface area contributed by atoms with Gasteiger partial charge in [0.2, 0.25) is 5.91 Å². The SMILES string of the molecule is COc1ccc(-c2csc(NC(=O)/C=C/c3ccc(OCC(F)F)c(OC)c3)n2)cc1. The third-order valence-electron chi connectivity index (χ3n) is 4.10. The quantitative estimate of drug-likeness (QED) is 0.462. The van der Waals surface area contributed by atoms with Gasteiger partial charge in [-0.2, -0.15) is 0 Å². The van der Waals surface area contributed by atoms with E-state index >= 15 is 0 Å². The highest BCUT2D eigenvalue weighted by Crippen LogP contribution is 2.29. The molecule has 31 heavy (non-hydrogen) atoms. The Morgan fingerprint density at radius 3 is 2.58 bits per heavy atom. The average Bonchev–Trinajstić information content (AvgIpc) is 3.24. The topological polar surface area (TPSA) is 69.7 Å². The van der Waals surface area contributed by atoms with Crippen molar-refractivity contribution in [1.82, 2.24) is 4.98 Å². The first-order valence-corrected chi connectivity index (χ1v) is 10.0. The van der Waals surface area contributed by atoms with Gasteiger partial charge in [0.1, 0.15) is 12.4 Å². The van der Waals surface area contributed by atoms with Crippen molar-refractivity contribution in [3.63, 3.8) is 0 Å². The van der Waals surface area contributed by atoms with Gasteiger partial charge in [0.05, 0.1) is 19.9 Å². The van der Waals surface area contributed by atoms with Gasteiger partial charge in [0, 0.05) is 17.0 Å². The van der Waals surface area contributed by atoms with Crippen molar-refractivity contribution in [2.75, 3.05) is 26.1 Å². The molecular formula is C22H20F2N2O4S. The number of benzene rings is 2. The molecule has 0 fully saturated rings. The summed E-state index contributed by atoms with van der Waals surface area (Å²) in [5.74, 6) is 0.904. The largest absolute Gasteiger partial charge is 0.497 e. The monoisotopic (exact) mass is 446 g/mol. The predicted molar refractivity (Wildman–Crippen MR) is 116 cm³/mol. The number of ether oxygens (including phenoxy) is 3. The van der Waals surface area contributed by atoms with E-state index in [1.54, 1.807) is 25.3 Å². The van der Waals surface area contributed by atoms with Crippen molar-refractivity contribution in [2.24, 2.45) is 0 Å². The summed E-state index contributed by atoms with van der Waals surface area (Å²) in [7, 11) is 3.01. The smallest absolute Gasteiger partial charge is 0.272 e. The predicted octanol–water partition coefficient (Wildman–Crippen LogP) is 5.12. The second-order valence-electron chi connectivity index (χ2n) is 6.20. The zero-order valence-electron chi connectivity index (χ0n) is 16.8. The van der Waals surface area contributed by atoms with E-state index in [-0.39, 0.29) is 11.7 Å². The molecule has 0 aliphatic carbocycles. The molecule has 1 aromatic heterocycles. The number of hydrogen-bond acceptors (Lipinski definition) is 6. The Morgan fingerprint density at radius 2 is 1.90 bits per heavy atom. The summed E-state index contributed by atoms with van der Waals surface area (Å²) in [4.78, 5) is 16.6. The Morgan fingerprint density at radius 1 is 1.13 bits per heavy atom. The van der Waals surface area contributed by atoms with Gasteiger partial charge in [0.15, 0.2) is 16.6 Å². The molecule has 6 nitrogen and oxygen atoms in total. The van der Waals surface area contributed by atoms with Crippen LogP contribution in [0, 0.1) is 0 Å². The number of amides is 1. The third kappa shape index (κ3) is 6.26. The lowest BCUT2D eigenvalue weighted by atomic mass is 10.2. The zero-order valence-corrected chi connectivity index (χ0v) is 17.6. The number of nitrogens with one attached hydrogen (secondary N) is 1. The lowest BCUT2D eigenvalue weighted by Gasteiger charge is -2.10. The van der Waals surface area contributed by atoms with Crippen molar-refractivity contribution in [3.05, 3.63) is 59.5 Å². The first-order valence-electron chi connectivity index (χ1n) is 9.16. The van der Waals surface area contributed by atoms with Crippen LogP contribution in [0.2, 0.25) is 0 Å². The summed E-state index contributed by atoms with van der Waals surface area (Å²) in [6.07, 6.45) is 0.347. The molecular weight excluding hydrogens is 426 g/mol. The fourth-order valence-electron chi connectivity index (χ4n) is 2.60. The first kappa shape index (κ1) is 22.2. The van der Waals surface area contributed by atoms with Gasteiger partial charge in [-0.15, -0.1) is 11.3 Å². The van der Waals surface area contributed by atoms with E-state index in [2.05, 4.69) is 10.3 Å². The molecule has 0 bridgehead atoms. The van der Waals surface area contributed by atoms with Gasteiger partial charge in [-0.3, -0.25) is 10.1 Å². The zero-order chi connectivity index (χ0) is 22.2. The van der Waals surface area contributed by atoms with E-state index in [9.17, 15) is 13.6 Å². The molecule has 0 saturated heterocycles. The molecule has 0 aliphatic rings. The maximum atomic E-state index is 12.3. The number of alkyl halides is 2. The van der Waals surface area contributed by atoms with Gasteiger partial charge in [-0.05, 0) is 48.0 Å². The summed E-state index contributed by atoms with van der Waals surface area (Å²) in [5.41, 5.74) is 2.31. The summed E-state index contributed by atoms with van der Waals surface area (Å²) in [5, 5.41) is 5.03. The highest BCUT2D eigenvalue weighted by Gasteiger charge is 2.10. The van der Waals surface area contributed by atoms with Gasteiger partial charge in [-0.25, -0.2) is 13.8 Å². The summed E-state index contributed by atoms with van der Waals surface area (Å²) in [6, 6.07) is 12.2. The first-order chi connectivity index (χ1) is 15.0. The number of carbonyl (C=O) groups is 1. The molecule has 0 spiro atoms. The molecule has 0 radical (unpaired) electrons. The Hall–Kier alpha value is -3.46. The fraction of sp³-hybridized carbons (Fsp3) is 0.182. The number of methoxy groups -OCH3 is 2. The van der Waals surface area contributed by atoms with E-state index in [4.69, 9.17) is 14.2 Å². The number of halogens is 2. The molecule has 0 atom stereocenters. The highest BCUT2D eigenvalue weighted by molar-refractivity contribution is 7.14. The van der Waals surface area contributed by atoms with E-state index < -0.39 is 13.0 Å². The van der Waals surface area contributed by atoms with Gasteiger partial charge in [0.25, 0.3) is 6.43 Å². The third-order valence-corrected chi connectivity index (χ3v) is 4.86. The van der Waals surface area contributed by atoms with Crippen molar-refractivity contribution >= 4 is 28.5 Å². The summed E-state index contributed by atoms with van der Waals surface area (Å²) < 4.78 is 40.0. The molecule has 2 aromatic carbocycles. The van der Waals surface area contributed by atoms with Crippen LogP contribution in [0.3, 0.4) is 0 Å². The number of nitrogens with zero attached hydrogens (tertiary/aromatic N) is 1. The lowest BCUT2D eigenvalue weighted by molar-refractivity contribution is -0.111. The Bertz CT molecular complexity index is 1050. The summed E-state index contributed by atoms with van der Waals surface area (Å²) in [6.45, 7) is -0.722. The fourth-order valence-corrected chi connectivity index (χ4v) is 3.33. The van der Waals surface area contributed by atoms with Crippen molar-refractivity contribution < 1.29 is 27.8 Å². The number of thiazole rings is 1. The minimum Gasteiger partial charge on any atom is -0.497 e. The Balaban J connectivity index is 1.62. The standard InChI is InChI=1S/C22H20F2N2O4S/c1-28-16-7-5-15(6-8-16)17-13-31-22(25-17)26-21(27)10-4-14-3-9-18(19(11-14)29-2)30-12-20(23)24/h3-11,13,20H,12H2,1-2H3,(H,25,26,27)/b10-4+. The van der Waals surface area contributed by atoms with Crippen LogP contribution in [0.15, 0.2) is 53.9 Å². The van der Waals surface area contributed by atoms with Crippen LogP contribution in [-0.4, -0.2) is 38.1 Å². The number of carbonyl (C=O) groups excluding carboxylic acids is 1. The molecule has 0 saturated carbocycles. The molecule has 1 amide bonds. The maximum Gasteiger partial charge on any atom is 0.272 e. The van der Waals surface area contributed by atoms with Crippen LogP contribution in [0.5, 0.6) is 17.2 Å². The molecule has 3 aromatic rings. The van der Waals surface area contributed by atoms with Gasteiger partial charge >= 0.3 is 0 Å². The highest BCUT2D eigenvalue weighted by atomic mass is 32.1. The molecule has 3 rings (SSSR count). The Labute approximate surface area is 182 Å². The van der Waals surface area contributed by atoms with Crippen LogP contribution < -0.4 is 19.5 Å². The van der Waals surface area contributed by atoms with E-state index in [1.165, 1.54) is 30.6 Å². The average molecular weight is 446 g/mol.